The van der Waals surface area contributed by atoms with Gasteiger partial charge in [0.15, 0.2) is 0 Å². The van der Waals surface area contributed by atoms with Crippen molar-refractivity contribution >= 4 is 58.3 Å². The van der Waals surface area contributed by atoms with Gasteiger partial charge in [-0.1, -0.05) is 46.4 Å². The van der Waals surface area contributed by atoms with E-state index in [4.69, 9.17) is 46.4 Å². The third kappa shape index (κ3) is 4.81. The smallest absolute Gasteiger partial charge is 0.545 e. The zero-order chi connectivity index (χ0) is 12.6. The average Bonchev–Trinajstić information content (AvgIpc) is 2.18. The number of aromatic carboxylic acids is 2. The Balaban J connectivity index is 0. The third-order valence-corrected chi connectivity index (χ3v) is 3.48. The van der Waals surface area contributed by atoms with Gasteiger partial charge in [-0.3, -0.25) is 0 Å². The summed E-state index contributed by atoms with van der Waals surface area (Å²) in [6, 6.07) is 0. The van der Waals surface area contributed by atoms with Crippen LogP contribution in [-0.4, -0.2) is 11.9 Å². The fourth-order valence-corrected chi connectivity index (χ4v) is 2.02. The van der Waals surface area contributed by atoms with Crippen LogP contribution in [0, 0.1) is 0 Å². The first-order valence-corrected chi connectivity index (χ1v) is 5.08. The van der Waals surface area contributed by atoms with Gasteiger partial charge in [0.2, 0.25) is 0 Å². The van der Waals surface area contributed by atoms with Gasteiger partial charge in [-0.25, -0.2) is 0 Å². The van der Waals surface area contributed by atoms with Gasteiger partial charge < -0.3 is 19.8 Å². The Bertz CT molecular complexity index is 462. The van der Waals surface area contributed by atoms with Crippen molar-refractivity contribution < 1.29 is 123 Å². The van der Waals surface area contributed by atoms with E-state index in [2.05, 4.69) is 0 Å². The molecule has 0 aromatic heterocycles. The van der Waals surface area contributed by atoms with Gasteiger partial charge in [0.1, 0.15) is 0 Å². The Labute approximate surface area is 207 Å². The van der Waals surface area contributed by atoms with Crippen molar-refractivity contribution in [2.45, 2.75) is 0 Å². The van der Waals surface area contributed by atoms with Crippen LogP contribution in [0.4, 0.5) is 0 Å². The minimum Gasteiger partial charge on any atom is -0.545 e. The molecule has 0 heterocycles. The molecule has 0 spiro atoms. The quantitative estimate of drug-likeness (QED) is 0.293. The summed E-state index contributed by atoms with van der Waals surface area (Å²) in [7, 11) is 0. The number of halogens is 4. The minimum atomic E-state index is -1.84. The van der Waals surface area contributed by atoms with Crippen molar-refractivity contribution in [3.8, 4) is 0 Å². The molecule has 0 saturated heterocycles. The molecule has 0 aliphatic rings. The summed E-state index contributed by atoms with van der Waals surface area (Å²) >= 11 is 22.2. The van der Waals surface area contributed by atoms with Crippen molar-refractivity contribution in [2.24, 2.45) is 0 Å². The first-order valence-electron chi connectivity index (χ1n) is 3.57. The summed E-state index contributed by atoms with van der Waals surface area (Å²) in [5, 5.41) is 19.6. The maximum atomic E-state index is 10.7. The molecule has 0 unspecified atom stereocenters. The molecule has 0 N–H and O–H groups in total. The average molecular weight is 380 g/mol. The SMILES string of the molecule is O=C([O-])c1c(Cl)c(Cl)c(Cl)c(Cl)c1C(=O)[O-].[K+].[K+]. The van der Waals surface area contributed by atoms with Crippen LogP contribution >= 0.6 is 46.4 Å². The van der Waals surface area contributed by atoms with E-state index >= 15 is 0 Å². The normalized spacial score (nSPS) is 9.11. The number of carboxylic acid groups (broad SMARTS) is 2. The predicted octanol–water partition coefficient (Wildman–Crippen LogP) is -4.96. The minimum absolute atomic E-state index is 0. The van der Waals surface area contributed by atoms with Crippen molar-refractivity contribution in [2.75, 3.05) is 0 Å². The molecule has 10 heteroatoms. The molecule has 0 fully saturated rings. The van der Waals surface area contributed by atoms with Crippen LogP contribution in [0.3, 0.4) is 0 Å². The molecule has 0 saturated carbocycles. The second-order valence-electron chi connectivity index (χ2n) is 2.58. The van der Waals surface area contributed by atoms with Crippen LogP contribution < -0.4 is 113 Å². The van der Waals surface area contributed by atoms with Crippen molar-refractivity contribution in [3.05, 3.63) is 31.2 Å². The summed E-state index contributed by atoms with van der Waals surface area (Å²) in [5.74, 6) is -3.69. The molecule has 86 valence electrons. The van der Waals surface area contributed by atoms with Crippen LogP contribution in [-0.2, 0) is 0 Å². The number of benzene rings is 1. The molecule has 0 bridgehead atoms. The molecular weight excluding hydrogens is 380 g/mol. The van der Waals surface area contributed by atoms with Crippen molar-refractivity contribution in [3.63, 3.8) is 0 Å². The Morgan fingerprint density at radius 3 is 1.06 bits per heavy atom. The molecule has 0 atom stereocenters. The molecule has 0 aliphatic carbocycles. The standard InChI is InChI=1S/C8H2Cl4O4.2K/c9-3-1(7(13)14)2(8(15)16)4(10)6(12)5(3)11;;/h(H,13,14)(H,15,16);;/q;2*+1/p-2. The number of rotatable bonds is 2. The van der Waals surface area contributed by atoms with Gasteiger partial charge in [0.05, 0.1) is 32.0 Å². The maximum Gasteiger partial charge on any atom is 1.00 e. The molecular formula is C8Cl4K2O4. The van der Waals surface area contributed by atoms with Gasteiger partial charge in [-0.2, -0.15) is 0 Å². The van der Waals surface area contributed by atoms with Crippen molar-refractivity contribution in [1.82, 2.24) is 0 Å². The van der Waals surface area contributed by atoms with Gasteiger partial charge in [-0.15, -0.1) is 0 Å². The number of hydrogen-bond donors (Lipinski definition) is 0. The zero-order valence-corrected chi connectivity index (χ0v) is 18.4. The second kappa shape index (κ2) is 9.58. The monoisotopic (exact) mass is 378 g/mol. The molecule has 1 aromatic carbocycles. The molecule has 18 heavy (non-hydrogen) atoms. The van der Waals surface area contributed by atoms with Crippen molar-refractivity contribution in [1.29, 1.82) is 0 Å². The van der Waals surface area contributed by atoms with E-state index in [0.29, 0.717) is 0 Å². The number of hydrogen-bond acceptors (Lipinski definition) is 4. The van der Waals surface area contributed by atoms with Gasteiger partial charge in [0, 0.05) is 11.1 Å². The van der Waals surface area contributed by atoms with E-state index in [0.717, 1.165) is 0 Å². The molecule has 0 radical (unpaired) electrons. The fraction of sp³-hybridized carbons (Fsp3) is 0. The Hall–Kier alpha value is 2.59. The van der Waals surface area contributed by atoms with E-state index in [1.165, 1.54) is 0 Å². The molecule has 4 nitrogen and oxygen atoms in total. The van der Waals surface area contributed by atoms with Gasteiger partial charge in [-0.05, 0) is 0 Å². The van der Waals surface area contributed by atoms with Gasteiger partial charge >= 0.3 is 103 Å². The summed E-state index contributed by atoms with van der Waals surface area (Å²) < 4.78 is 0. The van der Waals surface area contributed by atoms with E-state index in [1.54, 1.807) is 0 Å². The largest absolute Gasteiger partial charge is 1.00 e. The van der Waals surface area contributed by atoms with E-state index in [-0.39, 0.29) is 113 Å². The predicted molar refractivity (Wildman–Crippen MR) is 55.1 cm³/mol. The van der Waals surface area contributed by atoms with Gasteiger partial charge in [0.25, 0.3) is 0 Å². The molecule has 0 amide bonds. The number of carbonyl (C=O) groups is 2. The molecule has 1 aromatic rings. The summed E-state index contributed by atoms with van der Waals surface area (Å²) in [4.78, 5) is 21.4. The zero-order valence-electron chi connectivity index (χ0n) is 9.14. The summed E-state index contributed by atoms with van der Waals surface area (Å²) in [6.45, 7) is 0. The Morgan fingerprint density at radius 1 is 0.667 bits per heavy atom. The summed E-state index contributed by atoms with van der Waals surface area (Å²) in [6.07, 6.45) is 0. The van der Waals surface area contributed by atoms with E-state index in [1.807, 2.05) is 0 Å². The van der Waals surface area contributed by atoms with E-state index < -0.39 is 33.1 Å². The van der Waals surface area contributed by atoms with Crippen LogP contribution in [0.2, 0.25) is 20.1 Å². The fourth-order valence-electron chi connectivity index (χ4n) is 1.02. The summed E-state index contributed by atoms with van der Waals surface area (Å²) in [5.41, 5.74) is -1.72. The van der Waals surface area contributed by atoms with Crippen LogP contribution in [0.1, 0.15) is 20.7 Å². The second-order valence-corrected chi connectivity index (χ2v) is 4.09. The number of carboxylic acids is 2. The van der Waals surface area contributed by atoms with Crippen LogP contribution in [0.5, 0.6) is 0 Å². The third-order valence-electron chi connectivity index (χ3n) is 1.68. The Kier molecular flexibility index (Phi) is 12.2. The van der Waals surface area contributed by atoms with Crippen LogP contribution in [0.15, 0.2) is 0 Å². The first-order chi connectivity index (χ1) is 7.29. The maximum absolute atomic E-state index is 10.7. The Morgan fingerprint density at radius 2 is 0.889 bits per heavy atom. The van der Waals surface area contributed by atoms with Crippen LogP contribution in [0.25, 0.3) is 0 Å². The molecule has 0 aliphatic heterocycles. The topological polar surface area (TPSA) is 80.3 Å². The first kappa shape index (κ1) is 22.9. The number of carbonyl (C=O) groups excluding carboxylic acids is 2. The molecule has 1 rings (SSSR count). The van der Waals surface area contributed by atoms with E-state index in [9.17, 15) is 19.8 Å².